The number of rotatable bonds is 7. The smallest absolute Gasteiger partial charge is 0.315 e. The van der Waals surface area contributed by atoms with Gasteiger partial charge in [-0.15, -0.1) is 0 Å². The standard InChI is InChI=1S/C13H22N4O3/c1-9(2)11(7-12(18)19)16-13(20)15-10(3)8-17-6-4-5-14-17/h4-6,9-11H,7-8H2,1-3H3,(H,18,19)(H2,15,16,20). The third kappa shape index (κ3) is 5.73. The number of nitrogens with zero attached hydrogens (tertiary/aromatic N) is 2. The summed E-state index contributed by atoms with van der Waals surface area (Å²) in [6.07, 6.45) is 3.41. The van der Waals surface area contributed by atoms with Crippen LogP contribution in [-0.4, -0.2) is 39.0 Å². The first kappa shape index (κ1) is 16.0. The van der Waals surface area contributed by atoms with Gasteiger partial charge in [-0.25, -0.2) is 4.79 Å². The zero-order chi connectivity index (χ0) is 15.1. The van der Waals surface area contributed by atoms with E-state index in [1.54, 1.807) is 10.9 Å². The van der Waals surface area contributed by atoms with Crippen LogP contribution in [-0.2, 0) is 11.3 Å². The third-order valence-corrected chi connectivity index (χ3v) is 2.91. The van der Waals surface area contributed by atoms with Crippen molar-refractivity contribution in [3.05, 3.63) is 18.5 Å². The first-order chi connectivity index (χ1) is 9.38. The number of carboxylic acids is 1. The van der Waals surface area contributed by atoms with Gasteiger partial charge >= 0.3 is 12.0 Å². The van der Waals surface area contributed by atoms with Crippen LogP contribution in [0.1, 0.15) is 27.2 Å². The number of hydrogen-bond acceptors (Lipinski definition) is 3. The Balaban J connectivity index is 2.42. The number of aromatic nitrogens is 2. The molecule has 1 rings (SSSR count). The Morgan fingerprint density at radius 1 is 1.30 bits per heavy atom. The number of nitrogens with one attached hydrogen (secondary N) is 2. The van der Waals surface area contributed by atoms with Crippen LogP contribution >= 0.6 is 0 Å². The molecule has 0 aliphatic heterocycles. The molecule has 0 aromatic carbocycles. The highest BCUT2D eigenvalue weighted by Gasteiger charge is 2.20. The highest BCUT2D eigenvalue weighted by atomic mass is 16.4. The van der Waals surface area contributed by atoms with Gasteiger partial charge in [0.1, 0.15) is 0 Å². The molecule has 2 atom stereocenters. The highest BCUT2D eigenvalue weighted by Crippen LogP contribution is 2.06. The van der Waals surface area contributed by atoms with E-state index in [0.29, 0.717) is 6.54 Å². The third-order valence-electron chi connectivity index (χ3n) is 2.91. The van der Waals surface area contributed by atoms with Crippen molar-refractivity contribution in [2.45, 2.75) is 45.8 Å². The first-order valence-corrected chi connectivity index (χ1v) is 6.64. The lowest BCUT2D eigenvalue weighted by Gasteiger charge is -2.22. The molecule has 0 aliphatic rings. The fourth-order valence-electron chi connectivity index (χ4n) is 1.81. The van der Waals surface area contributed by atoms with E-state index >= 15 is 0 Å². The summed E-state index contributed by atoms with van der Waals surface area (Å²) in [7, 11) is 0. The molecule has 1 aromatic rings. The Hall–Kier alpha value is -2.05. The number of carboxylic acid groups (broad SMARTS) is 1. The number of urea groups is 1. The van der Waals surface area contributed by atoms with E-state index in [1.165, 1.54) is 0 Å². The number of hydrogen-bond donors (Lipinski definition) is 3. The summed E-state index contributed by atoms with van der Waals surface area (Å²) in [6.45, 7) is 6.18. The van der Waals surface area contributed by atoms with Crippen LogP contribution in [0.5, 0.6) is 0 Å². The minimum atomic E-state index is -0.923. The van der Waals surface area contributed by atoms with Gasteiger partial charge in [0.2, 0.25) is 0 Å². The van der Waals surface area contributed by atoms with Crippen molar-refractivity contribution in [1.29, 1.82) is 0 Å². The van der Waals surface area contributed by atoms with Gasteiger partial charge in [0.05, 0.1) is 13.0 Å². The number of aliphatic carboxylic acids is 1. The lowest BCUT2D eigenvalue weighted by molar-refractivity contribution is -0.137. The van der Waals surface area contributed by atoms with Crippen LogP contribution < -0.4 is 10.6 Å². The maximum absolute atomic E-state index is 11.8. The summed E-state index contributed by atoms with van der Waals surface area (Å²) in [5.74, 6) is -0.869. The molecule has 0 aliphatic carbocycles. The maximum Gasteiger partial charge on any atom is 0.315 e. The lowest BCUT2D eigenvalue weighted by Crippen LogP contribution is -2.48. The maximum atomic E-state index is 11.8. The molecule has 0 radical (unpaired) electrons. The Morgan fingerprint density at radius 2 is 2.00 bits per heavy atom. The molecule has 2 amide bonds. The van der Waals surface area contributed by atoms with Gasteiger partial charge in [-0.2, -0.15) is 5.10 Å². The minimum Gasteiger partial charge on any atom is -0.481 e. The van der Waals surface area contributed by atoms with E-state index in [1.807, 2.05) is 33.0 Å². The average Bonchev–Trinajstić information content (AvgIpc) is 2.79. The molecule has 1 heterocycles. The molecule has 0 bridgehead atoms. The molecular formula is C13H22N4O3. The van der Waals surface area contributed by atoms with Crippen molar-refractivity contribution in [3.8, 4) is 0 Å². The van der Waals surface area contributed by atoms with Crippen molar-refractivity contribution in [2.24, 2.45) is 5.92 Å². The van der Waals surface area contributed by atoms with E-state index < -0.39 is 5.97 Å². The Labute approximate surface area is 118 Å². The van der Waals surface area contributed by atoms with E-state index in [4.69, 9.17) is 5.11 Å². The van der Waals surface area contributed by atoms with E-state index in [-0.39, 0.29) is 30.5 Å². The zero-order valence-corrected chi connectivity index (χ0v) is 12.0. The van der Waals surface area contributed by atoms with Crippen LogP contribution in [0.2, 0.25) is 0 Å². The summed E-state index contributed by atoms with van der Waals surface area (Å²) in [4.78, 5) is 22.6. The van der Waals surface area contributed by atoms with E-state index in [2.05, 4.69) is 15.7 Å². The zero-order valence-electron chi connectivity index (χ0n) is 12.0. The van der Waals surface area contributed by atoms with E-state index in [0.717, 1.165) is 0 Å². The van der Waals surface area contributed by atoms with E-state index in [9.17, 15) is 9.59 Å². The SMILES string of the molecule is CC(Cn1cccn1)NC(=O)NC(CC(=O)O)C(C)C. The molecule has 0 saturated carbocycles. The van der Waals surface area contributed by atoms with Crippen LogP contribution in [0.15, 0.2) is 18.5 Å². The molecule has 7 nitrogen and oxygen atoms in total. The lowest BCUT2D eigenvalue weighted by atomic mass is 10.0. The van der Waals surface area contributed by atoms with Crippen LogP contribution in [0, 0.1) is 5.92 Å². The molecule has 0 fully saturated rings. The Morgan fingerprint density at radius 3 is 2.50 bits per heavy atom. The van der Waals surface area contributed by atoms with Crippen LogP contribution in [0.25, 0.3) is 0 Å². The normalized spacial score (nSPS) is 13.8. The number of amides is 2. The van der Waals surface area contributed by atoms with Gasteiger partial charge in [-0.3, -0.25) is 9.48 Å². The van der Waals surface area contributed by atoms with Gasteiger partial charge in [-0.05, 0) is 18.9 Å². The van der Waals surface area contributed by atoms with Crippen molar-refractivity contribution in [2.75, 3.05) is 0 Å². The molecule has 112 valence electrons. The molecule has 20 heavy (non-hydrogen) atoms. The first-order valence-electron chi connectivity index (χ1n) is 6.64. The predicted molar refractivity (Wildman–Crippen MR) is 74.2 cm³/mol. The molecule has 1 aromatic heterocycles. The summed E-state index contributed by atoms with van der Waals surface area (Å²) >= 11 is 0. The highest BCUT2D eigenvalue weighted by molar-refractivity contribution is 5.76. The fraction of sp³-hybridized carbons (Fsp3) is 0.615. The number of carbonyl (C=O) groups excluding carboxylic acids is 1. The summed E-state index contributed by atoms with van der Waals surface area (Å²) in [5, 5.41) is 18.3. The second kappa shape index (κ2) is 7.52. The summed E-state index contributed by atoms with van der Waals surface area (Å²) in [6, 6.07) is 0.968. The average molecular weight is 282 g/mol. The van der Waals surface area contributed by atoms with Gasteiger partial charge in [0.15, 0.2) is 0 Å². The second-order valence-corrected chi connectivity index (χ2v) is 5.20. The predicted octanol–water partition coefficient (Wildman–Crippen LogP) is 1.07. The fourth-order valence-corrected chi connectivity index (χ4v) is 1.81. The Bertz CT molecular complexity index is 431. The Kier molecular flexibility index (Phi) is 6.02. The van der Waals surface area contributed by atoms with Crippen molar-refractivity contribution >= 4 is 12.0 Å². The molecule has 2 unspecified atom stereocenters. The molecular weight excluding hydrogens is 260 g/mol. The largest absolute Gasteiger partial charge is 0.481 e. The number of carbonyl (C=O) groups is 2. The topological polar surface area (TPSA) is 96.3 Å². The monoisotopic (exact) mass is 282 g/mol. The molecule has 3 N–H and O–H groups in total. The van der Waals surface area contributed by atoms with Gasteiger partial charge < -0.3 is 15.7 Å². The summed E-state index contributed by atoms with van der Waals surface area (Å²) < 4.78 is 1.72. The van der Waals surface area contributed by atoms with Crippen LogP contribution in [0.4, 0.5) is 4.79 Å². The van der Waals surface area contributed by atoms with Crippen molar-refractivity contribution < 1.29 is 14.7 Å². The molecule has 7 heteroatoms. The van der Waals surface area contributed by atoms with Gasteiger partial charge in [0.25, 0.3) is 0 Å². The second-order valence-electron chi connectivity index (χ2n) is 5.20. The quantitative estimate of drug-likeness (QED) is 0.697. The van der Waals surface area contributed by atoms with Crippen molar-refractivity contribution in [1.82, 2.24) is 20.4 Å². The minimum absolute atomic E-state index is 0.0540. The summed E-state index contributed by atoms with van der Waals surface area (Å²) in [5.41, 5.74) is 0. The van der Waals surface area contributed by atoms with Crippen molar-refractivity contribution in [3.63, 3.8) is 0 Å². The van der Waals surface area contributed by atoms with Gasteiger partial charge in [-0.1, -0.05) is 13.8 Å². The molecule has 0 saturated heterocycles. The van der Waals surface area contributed by atoms with Gasteiger partial charge in [0, 0.05) is 24.5 Å². The van der Waals surface area contributed by atoms with Crippen LogP contribution in [0.3, 0.4) is 0 Å². The molecule has 0 spiro atoms.